The Bertz CT molecular complexity index is 1260. The van der Waals surface area contributed by atoms with E-state index in [1.165, 1.54) is 12.1 Å². The van der Waals surface area contributed by atoms with Crippen LogP contribution in [0.3, 0.4) is 0 Å². The van der Waals surface area contributed by atoms with Crippen LogP contribution in [0, 0.1) is 5.82 Å². The standard InChI is InChI=1S/C25H28FN5O2S/c1-7-20(21-15-27-31(22(21)8-2)19-11-9-18(26)10-12-19)25(32)28-16(3)17-13-23(30(4)5)29-24(14-17)34(6)33/h7-16H,2H2,1,3-6H3,(H,28,32)/b20-7+. The highest BCUT2D eigenvalue weighted by atomic mass is 32.2. The van der Waals surface area contributed by atoms with Gasteiger partial charge in [-0.2, -0.15) is 5.10 Å². The van der Waals surface area contributed by atoms with E-state index in [0.29, 0.717) is 33.4 Å². The second kappa shape index (κ2) is 10.6. The molecule has 0 saturated carbocycles. The molecule has 2 aromatic heterocycles. The number of amides is 1. The number of allylic oxidation sites excluding steroid dienone is 1. The third kappa shape index (κ3) is 5.31. The predicted molar refractivity (Wildman–Crippen MR) is 135 cm³/mol. The van der Waals surface area contributed by atoms with Gasteiger partial charge in [-0.3, -0.25) is 9.00 Å². The average Bonchev–Trinajstić information content (AvgIpc) is 3.23. The number of hydrogen-bond acceptors (Lipinski definition) is 5. The minimum atomic E-state index is -1.26. The van der Waals surface area contributed by atoms with Crippen LogP contribution in [0.15, 0.2) is 60.3 Å². The van der Waals surface area contributed by atoms with Crippen LogP contribution in [0.25, 0.3) is 17.3 Å². The van der Waals surface area contributed by atoms with E-state index >= 15 is 0 Å². The summed E-state index contributed by atoms with van der Waals surface area (Å²) in [6.07, 6.45) is 6.49. The van der Waals surface area contributed by atoms with Crippen LogP contribution in [0.4, 0.5) is 10.2 Å². The third-order valence-corrected chi connectivity index (χ3v) is 6.10. The molecule has 0 aliphatic carbocycles. The van der Waals surface area contributed by atoms with Gasteiger partial charge < -0.3 is 10.2 Å². The molecule has 2 heterocycles. The molecule has 0 aliphatic rings. The molecule has 9 heteroatoms. The Morgan fingerprint density at radius 3 is 2.50 bits per heavy atom. The fraction of sp³-hybridized carbons (Fsp3) is 0.240. The van der Waals surface area contributed by atoms with Gasteiger partial charge in [-0.25, -0.2) is 14.1 Å². The summed E-state index contributed by atoms with van der Waals surface area (Å²) in [5, 5.41) is 7.85. The molecule has 0 bridgehead atoms. The van der Waals surface area contributed by atoms with Gasteiger partial charge in [0.05, 0.1) is 34.4 Å². The Labute approximate surface area is 201 Å². The monoisotopic (exact) mass is 481 g/mol. The molecule has 0 aliphatic heterocycles. The molecule has 2 atom stereocenters. The molecule has 0 saturated heterocycles. The number of halogens is 1. The molecule has 178 valence electrons. The topological polar surface area (TPSA) is 80.1 Å². The van der Waals surface area contributed by atoms with Crippen LogP contribution in [0.2, 0.25) is 0 Å². The first-order valence-electron chi connectivity index (χ1n) is 10.6. The summed E-state index contributed by atoms with van der Waals surface area (Å²) in [5.41, 5.74) is 3.09. The smallest absolute Gasteiger partial charge is 0.252 e. The number of pyridine rings is 1. The molecule has 3 rings (SSSR count). The summed E-state index contributed by atoms with van der Waals surface area (Å²) in [4.78, 5) is 19.5. The molecule has 7 nitrogen and oxygen atoms in total. The van der Waals surface area contributed by atoms with Crippen LogP contribution in [-0.2, 0) is 15.6 Å². The van der Waals surface area contributed by atoms with Gasteiger partial charge in [0.2, 0.25) is 0 Å². The highest BCUT2D eigenvalue weighted by molar-refractivity contribution is 7.84. The number of carbonyl (C=O) groups excluding carboxylic acids is 1. The number of benzene rings is 1. The number of nitrogens with zero attached hydrogens (tertiary/aromatic N) is 4. The Balaban J connectivity index is 1.91. The maximum atomic E-state index is 13.3. The molecule has 1 amide bonds. The van der Waals surface area contributed by atoms with Crippen molar-refractivity contribution in [2.45, 2.75) is 24.9 Å². The highest BCUT2D eigenvalue weighted by Gasteiger charge is 2.21. The number of anilines is 1. The lowest BCUT2D eigenvalue weighted by Gasteiger charge is -2.19. The average molecular weight is 482 g/mol. The molecule has 0 fully saturated rings. The molecule has 3 aromatic rings. The zero-order valence-corrected chi connectivity index (χ0v) is 20.7. The first-order chi connectivity index (χ1) is 16.2. The van der Waals surface area contributed by atoms with E-state index in [-0.39, 0.29) is 17.8 Å². The van der Waals surface area contributed by atoms with Gasteiger partial charge in [0.1, 0.15) is 16.7 Å². The number of carbonyl (C=O) groups is 1. The van der Waals surface area contributed by atoms with Crippen LogP contribution >= 0.6 is 0 Å². The largest absolute Gasteiger partial charge is 0.363 e. The number of hydrogen-bond donors (Lipinski definition) is 1. The van der Waals surface area contributed by atoms with Gasteiger partial charge in [-0.05, 0) is 61.9 Å². The Hall–Kier alpha value is -3.59. The Morgan fingerprint density at radius 2 is 1.94 bits per heavy atom. The SMILES string of the molecule is C=Cc1c(/C(=C\C)C(=O)NC(C)c2cc(N(C)C)nc(S(C)=O)c2)cnn1-c1ccc(F)cc1. The van der Waals surface area contributed by atoms with Crippen molar-refractivity contribution in [3.8, 4) is 5.69 Å². The van der Waals surface area contributed by atoms with E-state index in [0.717, 1.165) is 5.56 Å². The molecule has 1 aromatic carbocycles. The van der Waals surface area contributed by atoms with Crippen molar-refractivity contribution in [1.82, 2.24) is 20.1 Å². The van der Waals surface area contributed by atoms with Gasteiger partial charge in [0, 0.05) is 31.5 Å². The lowest BCUT2D eigenvalue weighted by Crippen LogP contribution is -2.28. The lowest BCUT2D eigenvalue weighted by atomic mass is 10.0. The van der Waals surface area contributed by atoms with Crippen molar-refractivity contribution in [2.24, 2.45) is 0 Å². The zero-order chi connectivity index (χ0) is 25.0. The van der Waals surface area contributed by atoms with Crippen LogP contribution in [0.5, 0.6) is 0 Å². The summed E-state index contributed by atoms with van der Waals surface area (Å²) < 4.78 is 27.0. The Kier molecular flexibility index (Phi) is 7.78. The third-order valence-electron chi connectivity index (χ3n) is 5.31. The summed E-state index contributed by atoms with van der Waals surface area (Å²) in [5.74, 6) is 0.0195. The second-order valence-electron chi connectivity index (χ2n) is 7.88. The van der Waals surface area contributed by atoms with E-state index in [1.54, 1.807) is 54.4 Å². The van der Waals surface area contributed by atoms with Gasteiger partial charge in [0.25, 0.3) is 5.91 Å². The molecular weight excluding hydrogens is 453 g/mol. The maximum absolute atomic E-state index is 13.3. The highest BCUT2D eigenvalue weighted by Crippen LogP contribution is 2.26. The van der Waals surface area contributed by atoms with E-state index in [4.69, 9.17) is 0 Å². The van der Waals surface area contributed by atoms with Crippen molar-refractivity contribution in [2.75, 3.05) is 25.3 Å². The molecule has 0 spiro atoms. The van der Waals surface area contributed by atoms with Crippen molar-refractivity contribution in [1.29, 1.82) is 0 Å². The van der Waals surface area contributed by atoms with Gasteiger partial charge >= 0.3 is 0 Å². The molecule has 34 heavy (non-hydrogen) atoms. The molecule has 1 N–H and O–H groups in total. The first-order valence-corrected chi connectivity index (χ1v) is 12.2. The number of aromatic nitrogens is 3. The fourth-order valence-electron chi connectivity index (χ4n) is 3.45. The summed E-state index contributed by atoms with van der Waals surface area (Å²) in [7, 11) is 2.44. The van der Waals surface area contributed by atoms with Crippen molar-refractivity contribution >= 4 is 34.2 Å². The van der Waals surface area contributed by atoms with E-state index in [2.05, 4.69) is 22.0 Å². The van der Waals surface area contributed by atoms with Crippen LogP contribution in [-0.4, -0.2) is 45.2 Å². The number of rotatable bonds is 8. The van der Waals surface area contributed by atoms with Crippen molar-refractivity contribution in [3.05, 3.63) is 77.9 Å². The number of nitrogens with one attached hydrogen (secondary N) is 1. The van der Waals surface area contributed by atoms with Crippen molar-refractivity contribution < 1.29 is 13.4 Å². The van der Waals surface area contributed by atoms with E-state index in [1.807, 2.05) is 32.0 Å². The first kappa shape index (κ1) is 25.0. The Morgan fingerprint density at radius 1 is 1.26 bits per heavy atom. The predicted octanol–water partition coefficient (Wildman–Crippen LogP) is 4.13. The quantitative estimate of drug-likeness (QED) is 0.490. The van der Waals surface area contributed by atoms with Crippen LogP contribution in [0.1, 0.15) is 36.7 Å². The van der Waals surface area contributed by atoms with Gasteiger partial charge in [-0.1, -0.05) is 12.7 Å². The fourth-order valence-corrected chi connectivity index (χ4v) is 3.98. The normalized spacial score (nSPS) is 13.3. The molecule has 2 unspecified atom stereocenters. The minimum Gasteiger partial charge on any atom is -0.363 e. The van der Waals surface area contributed by atoms with Crippen molar-refractivity contribution in [3.63, 3.8) is 0 Å². The zero-order valence-electron chi connectivity index (χ0n) is 19.9. The van der Waals surface area contributed by atoms with Gasteiger partial charge in [-0.15, -0.1) is 0 Å². The molecular formula is C25H28FN5O2S. The van der Waals surface area contributed by atoms with E-state index in [9.17, 15) is 13.4 Å². The van der Waals surface area contributed by atoms with Crippen LogP contribution < -0.4 is 10.2 Å². The summed E-state index contributed by atoms with van der Waals surface area (Å²) in [6, 6.07) is 9.15. The van der Waals surface area contributed by atoms with E-state index < -0.39 is 10.8 Å². The van der Waals surface area contributed by atoms with Gasteiger partial charge in [0.15, 0.2) is 0 Å². The molecule has 0 radical (unpaired) electrons. The second-order valence-corrected chi connectivity index (χ2v) is 9.21. The maximum Gasteiger partial charge on any atom is 0.252 e. The summed E-state index contributed by atoms with van der Waals surface area (Å²) >= 11 is 0. The lowest BCUT2D eigenvalue weighted by molar-refractivity contribution is -0.116. The summed E-state index contributed by atoms with van der Waals surface area (Å²) in [6.45, 7) is 7.50. The minimum absolute atomic E-state index is 0.292.